The highest BCUT2D eigenvalue weighted by Crippen LogP contribution is 2.19. The number of aromatic amines is 1. The summed E-state index contributed by atoms with van der Waals surface area (Å²) in [6.45, 7) is 3.01. The molecule has 0 saturated heterocycles. The van der Waals surface area contributed by atoms with Gasteiger partial charge in [0.1, 0.15) is 5.56 Å². The number of hydrogen-bond donors (Lipinski definition) is 3. The summed E-state index contributed by atoms with van der Waals surface area (Å²) >= 11 is 0. The van der Waals surface area contributed by atoms with E-state index in [0.29, 0.717) is 0 Å². The van der Waals surface area contributed by atoms with E-state index in [9.17, 15) is 19.5 Å². The van der Waals surface area contributed by atoms with E-state index in [2.05, 4.69) is 15.4 Å². The molecule has 0 saturated carbocycles. The van der Waals surface area contributed by atoms with Gasteiger partial charge in [0, 0.05) is 18.0 Å². The monoisotopic (exact) mass is 358 g/mol. The zero-order chi connectivity index (χ0) is 18.9. The lowest BCUT2D eigenvalue weighted by atomic mass is 10.1. The van der Waals surface area contributed by atoms with Crippen molar-refractivity contribution in [3.8, 4) is 0 Å². The standard InChI is InChI=1S/C18H22N4O4/c1-18(2,17(25)26)22-9-8-14(21-22)20-16(24)12-10-11-6-4-3-5-7-13(11)19-15(12)23/h8-10H,3-7H2,1-2H3,(H,19,23)(H,25,26)(H,20,21,24). The molecule has 8 nitrogen and oxygen atoms in total. The molecule has 2 aromatic heterocycles. The van der Waals surface area contributed by atoms with Crippen molar-refractivity contribution in [3.05, 3.63) is 45.5 Å². The smallest absolute Gasteiger partial charge is 0.331 e. The Bertz CT molecular complexity index is 910. The third-order valence-electron chi connectivity index (χ3n) is 4.76. The van der Waals surface area contributed by atoms with Gasteiger partial charge in [-0.15, -0.1) is 0 Å². The van der Waals surface area contributed by atoms with Crippen LogP contribution in [0.3, 0.4) is 0 Å². The molecule has 1 aliphatic rings. The third-order valence-corrected chi connectivity index (χ3v) is 4.76. The van der Waals surface area contributed by atoms with E-state index in [1.54, 1.807) is 6.07 Å². The lowest BCUT2D eigenvalue weighted by Gasteiger charge is -2.19. The van der Waals surface area contributed by atoms with Crippen LogP contribution in [0, 0.1) is 0 Å². The molecule has 0 unspecified atom stereocenters. The topological polar surface area (TPSA) is 117 Å². The van der Waals surface area contributed by atoms with Crippen molar-refractivity contribution >= 4 is 17.7 Å². The maximum Gasteiger partial charge on any atom is 0.331 e. The number of carbonyl (C=O) groups excluding carboxylic acids is 1. The van der Waals surface area contributed by atoms with Gasteiger partial charge < -0.3 is 15.4 Å². The predicted octanol–water partition coefficient (Wildman–Crippen LogP) is 1.91. The Balaban J connectivity index is 1.83. The summed E-state index contributed by atoms with van der Waals surface area (Å²) in [5, 5.41) is 15.9. The fraction of sp³-hybridized carbons (Fsp3) is 0.444. The number of carboxylic acids is 1. The van der Waals surface area contributed by atoms with Crippen LogP contribution in [-0.2, 0) is 23.2 Å². The number of anilines is 1. The molecular formula is C18H22N4O4. The van der Waals surface area contributed by atoms with E-state index in [0.717, 1.165) is 43.4 Å². The van der Waals surface area contributed by atoms with Crippen LogP contribution in [0.2, 0.25) is 0 Å². The van der Waals surface area contributed by atoms with Gasteiger partial charge in [0.05, 0.1) is 0 Å². The second kappa shape index (κ2) is 6.78. The number of hydrogen-bond acceptors (Lipinski definition) is 4. The molecule has 1 aliphatic carbocycles. The Morgan fingerprint density at radius 3 is 2.73 bits per heavy atom. The van der Waals surface area contributed by atoms with Gasteiger partial charge in [0.15, 0.2) is 11.4 Å². The van der Waals surface area contributed by atoms with E-state index in [-0.39, 0.29) is 11.4 Å². The molecule has 0 spiro atoms. The van der Waals surface area contributed by atoms with Gasteiger partial charge in [0.2, 0.25) is 0 Å². The summed E-state index contributed by atoms with van der Waals surface area (Å²) in [5.74, 6) is -1.41. The third kappa shape index (κ3) is 3.40. The van der Waals surface area contributed by atoms with Crippen molar-refractivity contribution in [2.24, 2.45) is 0 Å². The number of pyridine rings is 1. The average molecular weight is 358 g/mol. The van der Waals surface area contributed by atoms with E-state index < -0.39 is 23.0 Å². The van der Waals surface area contributed by atoms with Crippen LogP contribution in [0.4, 0.5) is 5.82 Å². The molecule has 138 valence electrons. The summed E-state index contributed by atoms with van der Waals surface area (Å²) in [4.78, 5) is 38.9. The van der Waals surface area contributed by atoms with E-state index in [1.807, 2.05) is 0 Å². The number of nitrogens with one attached hydrogen (secondary N) is 2. The molecule has 2 heterocycles. The molecule has 0 fully saturated rings. The summed E-state index contributed by atoms with van der Waals surface area (Å²) in [6, 6.07) is 3.16. The fourth-order valence-corrected chi connectivity index (χ4v) is 3.00. The van der Waals surface area contributed by atoms with Crippen LogP contribution < -0.4 is 10.9 Å². The number of carboxylic acid groups (broad SMARTS) is 1. The molecule has 3 rings (SSSR count). The van der Waals surface area contributed by atoms with Crippen LogP contribution in [0.25, 0.3) is 0 Å². The Morgan fingerprint density at radius 1 is 1.27 bits per heavy atom. The van der Waals surface area contributed by atoms with E-state index >= 15 is 0 Å². The number of fused-ring (bicyclic) bond motifs is 1. The maximum absolute atomic E-state index is 12.5. The number of nitrogens with zero attached hydrogens (tertiary/aromatic N) is 2. The highest BCUT2D eigenvalue weighted by molar-refractivity contribution is 6.03. The SMILES string of the molecule is CC(C)(C(=O)O)n1ccc(NC(=O)c2cc3c([nH]c2=O)CCCCC3)n1. The van der Waals surface area contributed by atoms with Crippen LogP contribution in [-0.4, -0.2) is 31.7 Å². The number of aromatic nitrogens is 3. The summed E-state index contributed by atoms with van der Waals surface area (Å²) in [6.07, 6.45) is 6.31. The van der Waals surface area contributed by atoms with Crippen molar-refractivity contribution in [3.63, 3.8) is 0 Å². The first-order valence-electron chi connectivity index (χ1n) is 8.65. The number of amides is 1. The zero-order valence-corrected chi connectivity index (χ0v) is 14.8. The molecule has 0 aromatic carbocycles. The molecule has 8 heteroatoms. The number of aryl methyl sites for hydroxylation is 2. The van der Waals surface area contributed by atoms with Crippen molar-refractivity contribution in [2.75, 3.05) is 5.32 Å². The molecule has 2 aromatic rings. The van der Waals surface area contributed by atoms with Gasteiger partial charge in [-0.2, -0.15) is 5.10 Å². The van der Waals surface area contributed by atoms with Crippen molar-refractivity contribution < 1.29 is 14.7 Å². The second-order valence-corrected chi connectivity index (χ2v) is 7.04. The molecular weight excluding hydrogens is 336 g/mol. The second-order valence-electron chi connectivity index (χ2n) is 7.04. The average Bonchev–Trinajstić information content (AvgIpc) is 2.93. The Kier molecular flexibility index (Phi) is 4.67. The van der Waals surface area contributed by atoms with Gasteiger partial charge in [-0.3, -0.25) is 14.3 Å². The minimum Gasteiger partial charge on any atom is -0.479 e. The minimum atomic E-state index is -1.25. The zero-order valence-electron chi connectivity index (χ0n) is 14.8. The summed E-state index contributed by atoms with van der Waals surface area (Å²) in [7, 11) is 0. The Hall–Kier alpha value is -2.90. The van der Waals surface area contributed by atoms with Crippen LogP contribution in [0.15, 0.2) is 23.1 Å². The lowest BCUT2D eigenvalue weighted by molar-refractivity contribution is -0.146. The van der Waals surface area contributed by atoms with Crippen molar-refractivity contribution in [1.29, 1.82) is 0 Å². The predicted molar refractivity (Wildman–Crippen MR) is 95.5 cm³/mol. The molecule has 0 bridgehead atoms. The number of H-pyrrole nitrogens is 1. The van der Waals surface area contributed by atoms with Crippen LogP contribution in [0.5, 0.6) is 0 Å². The van der Waals surface area contributed by atoms with E-state index in [1.165, 1.54) is 30.8 Å². The quantitative estimate of drug-likeness (QED) is 0.722. The number of rotatable bonds is 4. The van der Waals surface area contributed by atoms with Crippen molar-refractivity contribution in [1.82, 2.24) is 14.8 Å². The molecule has 0 radical (unpaired) electrons. The Morgan fingerprint density at radius 2 is 2.00 bits per heavy atom. The van der Waals surface area contributed by atoms with Gasteiger partial charge in [-0.25, -0.2) is 4.79 Å². The molecule has 26 heavy (non-hydrogen) atoms. The first-order valence-corrected chi connectivity index (χ1v) is 8.65. The van der Waals surface area contributed by atoms with Gasteiger partial charge >= 0.3 is 5.97 Å². The molecule has 3 N–H and O–H groups in total. The number of carbonyl (C=O) groups is 2. The fourth-order valence-electron chi connectivity index (χ4n) is 3.00. The summed E-state index contributed by atoms with van der Waals surface area (Å²) < 4.78 is 1.26. The number of aliphatic carboxylic acids is 1. The highest BCUT2D eigenvalue weighted by Gasteiger charge is 2.30. The van der Waals surface area contributed by atoms with Gasteiger partial charge in [0.25, 0.3) is 11.5 Å². The van der Waals surface area contributed by atoms with E-state index in [4.69, 9.17) is 0 Å². The largest absolute Gasteiger partial charge is 0.479 e. The first kappa shape index (κ1) is 17.9. The molecule has 0 aliphatic heterocycles. The van der Waals surface area contributed by atoms with Crippen LogP contribution in [0.1, 0.15) is 54.7 Å². The van der Waals surface area contributed by atoms with Gasteiger partial charge in [-0.1, -0.05) is 6.42 Å². The first-order chi connectivity index (χ1) is 12.3. The highest BCUT2D eigenvalue weighted by atomic mass is 16.4. The lowest BCUT2D eigenvalue weighted by Crippen LogP contribution is -2.36. The minimum absolute atomic E-state index is 0.0395. The molecule has 0 atom stereocenters. The normalized spacial score (nSPS) is 14.4. The van der Waals surface area contributed by atoms with Crippen molar-refractivity contribution in [2.45, 2.75) is 51.5 Å². The summed E-state index contributed by atoms with van der Waals surface area (Å²) in [5.41, 5.74) is 0.289. The van der Waals surface area contributed by atoms with Gasteiger partial charge in [-0.05, 0) is 51.2 Å². The Labute approximate surface area is 150 Å². The maximum atomic E-state index is 12.5. The molecule has 1 amide bonds. The van der Waals surface area contributed by atoms with Crippen LogP contribution >= 0.6 is 0 Å².